The fourth-order valence-corrected chi connectivity index (χ4v) is 3.54. The average Bonchev–Trinajstić information content (AvgIpc) is 3.33. The maximum atomic E-state index is 5.91. The minimum absolute atomic E-state index is 0.317. The highest BCUT2D eigenvalue weighted by Gasteiger charge is 2.25. The number of aromatic amines is 1. The molecule has 1 aliphatic heterocycles. The van der Waals surface area contributed by atoms with Gasteiger partial charge in [-0.2, -0.15) is 5.10 Å². The zero-order valence-corrected chi connectivity index (χ0v) is 14.1. The van der Waals surface area contributed by atoms with Crippen molar-refractivity contribution >= 4 is 10.9 Å². The highest BCUT2D eigenvalue weighted by molar-refractivity contribution is 5.78. The van der Waals surface area contributed by atoms with Crippen LogP contribution in [0.3, 0.4) is 0 Å². The van der Waals surface area contributed by atoms with E-state index in [4.69, 9.17) is 4.42 Å². The Bertz CT molecular complexity index is 800. The van der Waals surface area contributed by atoms with Crippen LogP contribution in [0.5, 0.6) is 0 Å². The molecule has 24 heavy (non-hydrogen) atoms. The van der Waals surface area contributed by atoms with E-state index < -0.39 is 0 Å². The summed E-state index contributed by atoms with van der Waals surface area (Å²) < 4.78 is 5.91. The predicted octanol–water partition coefficient (Wildman–Crippen LogP) is 3.39. The van der Waals surface area contributed by atoms with E-state index in [0.717, 1.165) is 48.6 Å². The fraction of sp³-hybridized carbons (Fsp3) is 0.421. The Balaban J connectivity index is 1.42. The van der Waals surface area contributed by atoms with Gasteiger partial charge >= 0.3 is 0 Å². The molecule has 1 fully saturated rings. The van der Waals surface area contributed by atoms with Gasteiger partial charge in [0.1, 0.15) is 11.5 Å². The van der Waals surface area contributed by atoms with Crippen LogP contribution in [0.2, 0.25) is 0 Å². The first-order valence-electron chi connectivity index (χ1n) is 8.73. The average molecular weight is 324 g/mol. The molecule has 2 aromatic heterocycles. The van der Waals surface area contributed by atoms with Crippen LogP contribution in [0.1, 0.15) is 36.0 Å². The van der Waals surface area contributed by atoms with Crippen molar-refractivity contribution in [1.29, 1.82) is 0 Å². The predicted molar refractivity (Wildman–Crippen MR) is 94.8 cm³/mol. The summed E-state index contributed by atoms with van der Waals surface area (Å²) in [6.07, 6.45) is 4.43. The lowest BCUT2D eigenvalue weighted by molar-refractivity contribution is 0.207. The Labute approximate surface area is 142 Å². The Kier molecular flexibility index (Phi) is 4.36. The van der Waals surface area contributed by atoms with Crippen molar-refractivity contribution in [2.24, 2.45) is 0 Å². The van der Waals surface area contributed by atoms with Crippen molar-refractivity contribution in [3.8, 4) is 0 Å². The van der Waals surface area contributed by atoms with Crippen LogP contribution in [0.25, 0.3) is 10.9 Å². The third-order valence-electron chi connectivity index (χ3n) is 4.84. The smallest absolute Gasteiger partial charge is 0.122 e. The van der Waals surface area contributed by atoms with Gasteiger partial charge in [0.05, 0.1) is 17.8 Å². The standard InChI is InChI=1S/C19H24N4O/c1-14-4-7-19(24-14)18(23-8-2-3-9-23)13-20-11-15-5-6-16-12-21-22-17(16)10-15/h4-7,10,12,18,20H,2-3,8-9,11,13H2,1H3,(H,21,22). The van der Waals surface area contributed by atoms with E-state index in [0.29, 0.717) is 6.04 Å². The largest absolute Gasteiger partial charge is 0.465 e. The second kappa shape index (κ2) is 6.79. The zero-order valence-electron chi connectivity index (χ0n) is 14.1. The van der Waals surface area contributed by atoms with Gasteiger partial charge in [-0.05, 0) is 56.6 Å². The Morgan fingerprint density at radius 3 is 2.92 bits per heavy atom. The van der Waals surface area contributed by atoms with Gasteiger partial charge < -0.3 is 9.73 Å². The molecule has 3 aromatic rings. The molecular formula is C19H24N4O. The van der Waals surface area contributed by atoms with Crippen LogP contribution in [-0.4, -0.2) is 34.7 Å². The Hall–Kier alpha value is -2.11. The number of benzene rings is 1. The number of rotatable bonds is 6. The lowest BCUT2D eigenvalue weighted by atomic mass is 10.1. The van der Waals surface area contributed by atoms with Crippen molar-refractivity contribution in [2.75, 3.05) is 19.6 Å². The molecule has 1 aromatic carbocycles. The van der Waals surface area contributed by atoms with Crippen LogP contribution in [0.15, 0.2) is 40.9 Å². The summed E-state index contributed by atoms with van der Waals surface area (Å²) in [6.45, 7) is 6.07. The maximum Gasteiger partial charge on any atom is 0.122 e. The molecule has 1 saturated heterocycles. The lowest BCUT2D eigenvalue weighted by Gasteiger charge is -2.26. The molecule has 3 heterocycles. The van der Waals surface area contributed by atoms with Gasteiger partial charge in [0.2, 0.25) is 0 Å². The second-order valence-corrected chi connectivity index (χ2v) is 6.63. The van der Waals surface area contributed by atoms with Crippen LogP contribution in [0.4, 0.5) is 0 Å². The van der Waals surface area contributed by atoms with Crippen molar-refractivity contribution in [2.45, 2.75) is 32.4 Å². The van der Waals surface area contributed by atoms with Crippen LogP contribution in [0, 0.1) is 6.92 Å². The minimum Gasteiger partial charge on any atom is -0.465 e. The topological polar surface area (TPSA) is 57.1 Å². The van der Waals surface area contributed by atoms with Gasteiger partial charge in [-0.3, -0.25) is 10.00 Å². The summed E-state index contributed by atoms with van der Waals surface area (Å²) >= 11 is 0. The summed E-state index contributed by atoms with van der Waals surface area (Å²) in [7, 11) is 0. The first kappa shape index (κ1) is 15.4. The molecular weight excluding hydrogens is 300 g/mol. The quantitative estimate of drug-likeness (QED) is 0.730. The number of nitrogens with zero attached hydrogens (tertiary/aromatic N) is 2. The molecule has 1 aliphatic rings. The van der Waals surface area contributed by atoms with Gasteiger partial charge in [-0.25, -0.2) is 0 Å². The third kappa shape index (κ3) is 3.23. The summed E-state index contributed by atoms with van der Waals surface area (Å²) in [4.78, 5) is 2.53. The fourth-order valence-electron chi connectivity index (χ4n) is 3.54. The number of fused-ring (bicyclic) bond motifs is 1. The molecule has 0 amide bonds. The first-order valence-corrected chi connectivity index (χ1v) is 8.73. The molecule has 4 rings (SSSR count). The van der Waals surface area contributed by atoms with Gasteiger partial charge in [-0.1, -0.05) is 12.1 Å². The van der Waals surface area contributed by atoms with Crippen LogP contribution >= 0.6 is 0 Å². The number of furan rings is 1. The summed E-state index contributed by atoms with van der Waals surface area (Å²) in [5, 5.41) is 11.9. The summed E-state index contributed by atoms with van der Waals surface area (Å²) in [5.41, 5.74) is 2.36. The van der Waals surface area contributed by atoms with Crippen molar-refractivity contribution in [3.05, 3.63) is 53.6 Å². The van der Waals surface area contributed by atoms with Gasteiger partial charge in [-0.15, -0.1) is 0 Å². The molecule has 1 atom stereocenters. The molecule has 2 N–H and O–H groups in total. The lowest BCUT2D eigenvalue weighted by Crippen LogP contribution is -2.33. The SMILES string of the molecule is Cc1ccc(C(CNCc2ccc3cn[nH]c3c2)N2CCCC2)o1. The minimum atomic E-state index is 0.317. The van der Waals surface area contributed by atoms with Crippen molar-refractivity contribution in [3.63, 3.8) is 0 Å². The van der Waals surface area contributed by atoms with Gasteiger partial charge in [0.15, 0.2) is 0 Å². The Morgan fingerprint density at radius 1 is 1.25 bits per heavy atom. The molecule has 1 unspecified atom stereocenters. The van der Waals surface area contributed by atoms with Crippen LogP contribution in [-0.2, 0) is 6.54 Å². The van der Waals surface area contributed by atoms with E-state index >= 15 is 0 Å². The summed E-state index contributed by atoms with van der Waals surface area (Å²) in [5.74, 6) is 2.06. The van der Waals surface area contributed by atoms with E-state index in [1.54, 1.807) is 0 Å². The number of likely N-dealkylation sites (tertiary alicyclic amines) is 1. The highest BCUT2D eigenvalue weighted by Crippen LogP contribution is 2.26. The third-order valence-corrected chi connectivity index (χ3v) is 4.84. The molecule has 126 valence electrons. The number of hydrogen-bond donors (Lipinski definition) is 2. The molecule has 0 spiro atoms. The molecule has 0 saturated carbocycles. The molecule has 0 radical (unpaired) electrons. The van der Waals surface area contributed by atoms with E-state index in [-0.39, 0.29) is 0 Å². The summed E-state index contributed by atoms with van der Waals surface area (Å²) in [6, 6.07) is 10.9. The maximum absolute atomic E-state index is 5.91. The van der Waals surface area contributed by atoms with E-state index in [9.17, 15) is 0 Å². The molecule has 5 heteroatoms. The van der Waals surface area contributed by atoms with Gasteiger partial charge in [0, 0.05) is 18.5 Å². The first-order chi connectivity index (χ1) is 11.8. The monoisotopic (exact) mass is 324 g/mol. The molecule has 0 aliphatic carbocycles. The highest BCUT2D eigenvalue weighted by atomic mass is 16.3. The van der Waals surface area contributed by atoms with E-state index in [2.05, 4.69) is 50.7 Å². The van der Waals surface area contributed by atoms with Crippen molar-refractivity contribution < 1.29 is 4.42 Å². The molecule has 0 bridgehead atoms. The molecule has 5 nitrogen and oxygen atoms in total. The number of nitrogens with one attached hydrogen (secondary N) is 2. The van der Waals surface area contributed by atoms with Crippen molar-refractivity contribution in [1.82, 2.24) is 20.4 Å². The number of H-pyrrole nitrogens is 1. The Morgan fingerprint density at radius 2 is 2.12 bits per heavy atom. The van der Waals surface area contributed by atoms with E-state index in [1.807, 2.05) is 13.1 Å². The number of hydrogen-bond acceptors (Lipinski definition) is 4. The zero-order chi connectivity index (χ0) is 16.4. The normalized spacial score (nSPS) is 16.9. The number of aryl methyl sites for hydroxylation is 1. The van der Waals surface area contributed by atoms with Gasteiger partial charge in [0.25, 0.3) is 0 Å². The second-order valence-electron chi connectivity index (χ2n) is 6.63. The van der Waals surface area contributed by atoms with Crippen LogP contribution < -0.4 is 5.32 Å². The van der Waals surface area contributed by atoms with E-state index in [1.165, 1.54) is 18.4 Å². The number of aromatic nitrogens is 2.